The monoisotopic (exact) mass is 344 g/mol. The van der Waals surface area contributed by atoms with Crippen molar-refractivity contribution in [2.24, 2.45) is 5.41 Å². The normalized spacial score (nSPS) is 13.5. The molecule has 0 amide bonds. The van der Waals surface area contributed by atoms with Crippen molar-refractivity contribution in [2.75, 3.05) is 19.8 Å². The van der Waals surface area contributed by atoms with Gasteiger partial charge in [-0.15, -0.1) is 0 Å². The van der Waals surface area contributed by atoms with Gasteiger partial charge in [-0.2, -0.15) is 0 Å². The molecular weight excluding hydrogens is 315 g/mol. The maximum Gasteiger partial charge on any atom is 0.345 e. The van der Waals surface area contributed by atoms with E-state index in [2.05, 4.69) is 11.8 Å². The van der Waals surface area contributed by atoms with Crippen molar-refractivity contribution in [2.45, 2.75) is 53.6 Å². The van der Waals surface area contributed by atoms with Gasteiger partial charge in [-0.05, 0) is 54.0 Å². The van der Waals surface area contributed by atoms with Crippen molar-refractivity contribution < 1.29 is 23.1 Å². The molecule has 132 valence electrons. The number of hydrogen-bond acceptors (Lipinski definition) is 5. The second kappa shape index (κ2) is 10.6. The molecule has 0 saturated carbocycles. The smallest absolute Gasteiger partial charge is 0.345 e. The third-order valence-electron chi connectivity index (χ3n) is 2.57. The first-order valence-corrected chi connectivity index (χ1v) is 9.54. The fraction of sp³-hybridized carbons (Fsp3) is 0.706. The fourth-order valence-electron chi connectivity index (χ4n) is 1.68. The molecule has 0 aliphatic heterocycles. The molecule has 0 aromatic heterocycles. The van der Waals surface area contributed by atoms with Crippen LogP contribution < -0.4 is 0 Å². The standard InChI is InChI=1S/C17H29O5P/c1-7-20-16(18)15(23(19,21-8-2)22-9-3)13-11-10-12-14-17(4,5)6/h10-11,15H,7-9,13H2,1-6H3. The lowest BCUT2D eigenvalue weighted by Gasteiger charge is -2.23. The number of esters is 1. The lowest BCUT2D eigenvalue weighted by Crippen LogP contribution is -2.25. The summed E-state index contributed by atoms with van der Waals surface area (Å²) in [5.74, 6) is 5.39. The van der Waals surface area contributed by atoms with E-state index in [0.717, 1.165) is 0 Å². The van der Waals surface area contributed by atoms with Gasteiger partial charge in [-0.25, -0.2) is 0 Å². The molecule has 0 bridgehead atoms. The number of hydrogen-bond donors (Lipinski definition) is 0. The molecule has 0 N–H and O–H groups in total. The zero-order valence-corrected chi connectivity index (χ0v) is 15.9. The molecule has 0 rings (SSSR count). The summed E-state index contributed by atoms with van der Waals surface area (Å²) < 4.78 is 28.4. The zero-order chi connectivity index (χ0) is 17.9. The maximum atomic E-state index is 12.8. The molecule has 0 aromatic carbocycles. The molecule has 0 spiro atoms. The average molecular weight is 344 g/mol. The first-order valence-electron chi connectivity index (χ1n) is 7.93. The minimum Gasteiger partial charge on any atom is -0.465 e. The van der Waals surface area contributed by atoms with Crippen LogP contribution in [0.2, 0.25) is 0 Å². The Labute approximate surface area is 140 Å². The lowest BCUT2D eigenvalue weighted by atomic mass is 9.98. The Morgan fingerprint density at radius 1 is 1.13 bits per heavy atom. The van der Waals surface area contributed by atoms with E-state index >= 15 is 0 Å². The summed E-state index contributed by atoms with van der Waals surface area (Å²) in [5, 5.41) is 0. The third-order valence-corrected chi connectivity index (χ3v) is 4.99. The molecule has 1 unspecified atom stereocenters. The summed E-state index contributed by atoms with van der Waals surface area (Å²) in [6, 6.07) is 0. The molecule has 0 aromatic rings. The van der Waals surface area contributed by atoms with Gasteiger partial charge < -0.3 is 13.8 Å². The summed E-state index contributed by atoms with van der Waals surface area (Å²) >= 11 is 0. The Kier molecular flexibility index (Phi) is 10.1. The molecule has 1 atom stereocenters. The Morgan fingerprint density at radius 2 is 1.70 bits per heavy atom. The topological polar surface area (TPSA) is 61.8 Å². The zero-order valence-electron chi connectivity index (χ0n) is 15.0. The highest BCUT2D eigenvalue weighted by molar-refractivity contribution is 7.55. The van der Waals surface area contributed by atoms with E-state index in [4.69, 9.17) is 13.8 Å². The Morgan fingerprint density at radius 3 is 2.13 bits per heavy atom. The van der Waals surface area contributed by atoms with Crippen molar-refractivity contribution in [3.05, 3.63) is 12.2 Å². The van der Waals surface area contributed by atoms with Crippen LogP contribution >= 0.6 is 7.60 Å². The minimum atomic E-state index is -3.57. The van der Waals surface area contributed by atoms with Gasteiger partial charge in [0.05, 0.1) is 19.8 Å². The van der Waals surface area contributed by atoms with Gasteiger partial charge in [0, 0.05) is 5.41 Å². The number of allylic oxidation sites excluding steroid dienone is 2. The first kappa shape index (κ1) is 21.9. The summed E-state index contributed by atoms with van der Waals surface area (Å²) in [5.41, 5.74) is -1.08. The minimum absolute atomic E-state index is 0.100. The van der Waals surface area contributed by atoms with Crippen LogP contribution in [0, 0.1) is 17.3 Å². The van der Waals surface area contributed by atoms with E-state index in [1.165, 1.54) is 0 Å². The Hall–Kier alpha value is -1.08. The van der Waals surface area contributed by atoms with E-state index in [0.29, 0.717) is 0 Å². The van der Waals surface area contributed by atoms with E-state index in [-0.39, 0.29) is 31.7 Å². The highest BCUT2D eigenvalue weighted by Crippen LogP contribution is 2.54. The molecule has 5 nitrogen and oxygen atoms in total. The predicted molar refractivity (Wildman–Crippen MR) is 92.3 cm³/mol. The summed E-state index contributed by atoms with van der Waals surface area (Å²) in [6.07, 6.45) is 3.54. The predicted octanol–water partition coefficient (Wildman–Crippen LogP) is 4.18. The number of rotatable bonds is 9. The first-order chi connectivity index (χ1) is 10.7. The highest BCUT2D eigenvalue weighted by atomic mass is 31.2. The van der Waals surface area contributed by atoms with Gasteiger partial charge >= 0.3 is 13.6 Å². The molecule has 0 fully saturated rings. The van der Waals surface area contributed by atoms with Crippen LogP contribution in [0.3, 0.4) is 0 Å². The van der Waals surface area contributed by atoms with Gasteiger partial charge in [0.2, 0.25) is 0 Å². The van der Waals surface area contributed by atoms with Gasteiger partial charge in [-0.3, -0.25) is 9.36 Å². The highest BCUT2D eigenvalue weighted by Gasteiger charge is 2.41. The van der Waals surface area contributed by atoms with Crippen molar-refractivity contribution in [3.8, 4) is 11.8 Å². The van der Waals surface area contributed by atoms with Gasteiger partial charge in [0.25, 0.3) is 0 Å². The molecule has 0 aliphatic carbocycles. The number of ether oxygens (including phenoxy) is 1. The lowest BCUT2D eigenvalue weighted by molar-refractivity contribution is -0.143. The van der Waals surface area contributed by atoms with Crippen LogP contribution in [-0.4, -0.2) is 31.4 Å². The summed E-state index contributed by atoms with van der Waals surface area (Å²) in [4.78, 5) is 12.1. The molecule has 0 aliphatic rings. The van der Waals surface area contributed by atoms with Crippen LogP contribution in [0.4, 0.5) is 0 Å². The van der Waals surface area contributed by atoms with Crippen LogP contribution in [0.1, 0.15) is 48.0 Å². The van der Waals surface area contributed by atoms with Crippen LogP contribution in [0.5, 0.6) is 0 Å². The van der Waals surface area contributed by atoms with Crippen molar-refractivity contribution in [1.29, 1.82) is 0 Å². The second-order valence-corrected chi connectivity index (χ2v) is 8.02. The molecule has 0 heterocycles. The summed E-state index contributed by atoms with van der Waals surface area (Å²) in [6.45, 7) is 11.7. The molecule has 23 heavy (non-hydrogen) atoms. The largest absolute Gasteiger partial charge is 0.465 e. The van der Waals surface area contributed by atoms with Gasteiger partial charge in [0.15, 0.2) is 5.66 Å². The van der Waals surface area contributed by atoms with E-state index in [1.807, 2.05) is 20.8 Å². The second-order valence-electron chi connectivity index (χ2n) is 5.80. The van der Waals surface area contributed by atoms with Crippen LogP contribution in [-0.2, 0) is 23.1 Å². The van der Waals surface area contributed by atoms with Gasteiger partial charge in [-0.1, -0.05) is 17.9 Å². The SMILES string of the molecule is CCOC(=O)C(CC=CC#CC(C)(C)C)P(=O)(OCC)OCC. The number of carbonyl (C=O) groups is 1. The third kappa shape index (κ3) is 8.95. The quantitative estimate of drug-likeness (QED) is 0.357. The van der Waals surface area contributed by atoms with Crippen molar-refractivity contribution in [1.82, 2.24) is 0 Å². The Balaban J connectivity index is 5.21. The van der Waals surface area contributed by atoms with E-state index in [1.54, 1.807) is 32.9 Å². The maximum absolute atomic E-state index is 12.8. The van der Waals surface area contributed by atoms with Crippen molar-refractivity contribution in [3.63, 3.8) is 0 Å². The Bertz CT molecular complexity index is 483. The molecule has 6 heteroatoms. The number of carbonyl (C=O) groups excluding carboxylic acids is 1. The van der Waals surface area contributed by atoms with Crippen molar-refractivity contribution >= 4 is 13.6 Å². The average Bonchev–Trinajstić information content (AvgIpc) is 2.42. The van der Waals surface area contributed by atoms with Crippen LogP contribution in [0.25, 0.3) is 0 Å². The fourth-order valence-corrected chi connectivity index (χ4v) is 3.55. The van der Waals surface area contributed by atoms with E-state index in [9.17, 15) is 9.36 Å². The van der Waals surface area contributed by atoms with Gasteiger partial charge in [0.1, 0.15) is 0 Å². The summed E-state index contributed by atoms with van der Waals surface area (Å²) in [7, 11) is -3.57. The van der Waals surface area contributed by atoms with Crippen LogP contribution in [0.15, 0.2) is 12.2 Å². The van der Waals surface area contributed by atoms with E-state index < -0.39 is 19.2 Å². The molecular formula is C17H29O5P. The molecule has 0 saturated heterocycles. The molecule has 0 radical (unpaired) electrons.